The lowest BCUT2D eigenvalue weighted by atomic mass is 10.4. The number of nitrogens with zero attached hydrogens (tertiary/aromatic N) is 2. The average molecular weight is 185 g/mol. The van der Waals surface area contributed by atoms with Crippen LogP contribution in [0, 0.1) is 0 Å². The number of hydrogen-bond acceptors (Lipinski definition) is 4. The second kappa shape index (κ2) is 3.44. The number of aromatic carboxylic acids is 1. The standard InChI is InChI=1S/C7H11N3O3/c1-4(11)2-10-3-5(8)6(9-10)7(12)13/h3-4,11H,2,8H2,1H3,(H,12,13). The first-order valence-corrected chi connectivity index (χ1v) is 3.75. The van der Waals surface area contributed by atoms with Crippen LogP contribution < -0.4 is 5.73 Å². The zero-order valence-corrected chi connectivity index (χ0v) is 7.14. The largest absolute Gasteiger partial charge is 0.476 e. The number of rotatable bonds is 3. The summed E-state index contributed by atoms with van der Waals surface area (Å²) in [6, 6.07) is 0. The van der Waals surface area contributed by atoms with Crippen LogP contribution in [0.1, 0.15) is 17.4 Å². The minimum atomic E-state index is -1.16. The number of hydrogen-bond donors (Lipinski definition) is 3. The number of carboxylic acid groups (broad SMARTS) is 1. The van der Waals surface area contributed by atoms with Crippen molar-refractivity contribution in [2.45, 2.75) is 19.6 Å². The van der Waals surface area contributed by atoms with E-state index in [1.165, 1.54) is 10.9 Å². The highest BCUT2D eigenvalue weighted by Crippen LogP contribution is 2.08. The predicted octanol–water partition coefficient (Wildman–Crippen LogP) is -0.456. The van der Waals surface area contributed by atoms with Crippen LogP contribution >= 0.6 is 0 Å². The maximum atomic E-state index is 10.5. The van der Waals surface area contributed by atoms with Crippen molar-refractivity contribution in [2.24, 2.45) is 0 Å². The molecule has 0 aliphatic carbocycles. The van der Waals surface area contributed by atoms with E-state index >= 15 is 0 Å². The van der Waals surface area contributed by atoms with E-state index in [4.69, 9.17) is 15.9 Å². The molecule has 1 heterocycles. The molecule has 0 saturated carbocycles. The molecule has 0 amide bonds. The quantitative estimate of drug-likeness (QED) is 0.591. The lowest BCUT2D eigenvalue weighted by Gasteiger charge is -2.02. The number of aromatic nitrogens is 2. The van der Waals surface area contributed by atoms with E-state index < -0.39 is 12.1 Å². The van der Waals surface area contributed by atoms with Gasteiger partial charge in [0, 0.05) is 6.20 Å². The molecule has 1 atom stereocenters. The molecule has 4 N–H and O–H groups in total. The minimum Gasteiger partial charge on any atom is -0.476 e. The van der Waals surface area contributed by atoms with E-state index in [0.29, 0.717) is 0 Å². The van der Waals surface area contributed by atoms with E-state index in [1.54, 1.807) is 6.92 Å². The van der Waals surface area contributed by atoms with Gasteiger partial charge in [0.2, 0.25) is 0 Å². The van der Waals surface area contributed by atoms with Gasteiger partial charge in [-0.25, -0.2) is 4.79 Å². The topological polar surface area (TPSA) is 101 Å². The molecular formula is C7H11N3O3. The molecule has 0 aromatic carbocycles. The normalized spacial score (nSPS) is 12.8. The third-order valence-electron chi connectivity index (χ3n) is 1.44. The van der Waals surface area contributed by atoms with Crippen molar-refractivity contribution in [1.29, 1.82) is 0 Å². The Kier molecular flexibility index (Phi) is 2.52. The summed E-state index contributed by atoms with van der Waals surface area (Å²) in [4.78, 5) is 10.5. The van der Waals surface area contributed by atoms with E-state index in [9.17, 15) is 4.79 Å². The van der Waals surface area contributed by atoms with Crippen molar-refractivity contribution < 1.29 is 15.0 Å². The first-order valence-electron chi connectivity index (χ1n) is 3.75. The second-order valence-electron chi connectivity index (χ2n) is 2.81. The molecule has 0 aliphatic rings. The minimum absolute atomic E-state index is 0.105. The zero-order valence-electron chi connectivity index (χ0n) is 7.14. The van der Waals surface area contributed by atoms with Gasteiger partial charge in [0.15, 0.2) is 5.69 Å². The summed E-state index contributed by atoms with van der Waals surface area (Å²) in [5.74, 6) is -1.16. The predicted molar refractivity (Wildman–Crippen MR) is 45.3 cm³/mol. The van der Waals surface area contributed by atoms with Crippen molar-refractivity contribution in [3.63, 3.8) is 0 Å². The molecule has 0 radical (unpaired) electrons. The number of carboxylic acids is 1. The van der Waals surface area contributed by atoms with Crippen molar-refractivity contribution >= 4 is 11.7 Å². The van der Waals surface area contributed by atoms with Gasteiger partial charge in [-0.15, -0.1) is 0 Å². The monoisotopic (exact) mass is 185 g/mol. The summed E-state index contributed by atoms with van der Waals surface area (Å²) in [5, 5.41) is 21.3. The Balaban J connectivity index is 2.89. The Morgan fingerprint density at radius 2 is 2.46 bits per heavy atom. The fraction of sp³-hybridized carbons (Fsp3) is 0.429. The van der Waals surface area contributed by atoms with Crippen LogP contribution in [0.25, 0.3) is 0 Å². The molecule has 1 aromatic rings. The Morgan fingerprint density at radius 3 is 2.85 bits per heavy atom. The molecule has 1 aromatic heterocycles. The van der Waals surface area contributed by atoms with Crippen molar-refractivity contribution in [3.8, 4) is 0 Å². The fourth-order valence-corrected chi connectivity index (χ4v) is 0.967. The maximum absolute atomic E-state index is 10.5. The van der Waals surface area contributed by atoms with Crippen LogP contribution in [-0.4, -0.2) is 32.1 Å². The summed E-state index contributed by atoms with van der Waals surface area (Å²) in [7, 11) is 0. The fourth-order valence-electron chi connectivity index (χ4n) is 0.967. The number of carbonyl (C=O) groups is 1. The van der Waals surface area contributed by atoms with Crippen LogP contribution in [0.15, 0.2) is 6.20 Å². The smallest absolute Gasteiger partial charge is 0.358 e. The number of anilines is 1. The highest BCUT2D eigenvalue weighted by molar-refractivity contribution is 5.91. The Labute approximate surface area is 74.6 Å². The number of nitrogen functional groups attached to an aromatic ring is 1. The van der Waals surface area contributed by atoms with E-state index in [0.717, 1.165) is 0 Å². The Morgan fingerprint density at radius 1 is 1.85 bits per heavy atom. The van der Waals surface area contributed by atoms with Gasteiger partial charge in [-0.1, -0.05) is 0 Å². The molecule has 6 nitrogen and oxygen atoms in total. The lowest BCUT2D eigenvalue weighted by Crippen LogP contribution is -2.12. The highest BCUT2D eigenvalue weighted by atomic mass is 16.4. The summed E-state index contributed by atoms with van der Waals surface area (Å²) < 4.78 is 1.31. The van der Waals surface area contributed by atoms with Crippen molar-refractivity contribution in [1.82, 2.24) is 9.78 Å². The summed E-state index contributed by atoms with van der Waals surface area (Å²) in [6.45, 7) is 1.82. The molecule has 0 bridgehead atoms. The summed E-state index contributed by atoms with van der Waals surface area (Å²) >= 11 is 0. The number of aliphatic hydroxyl groups is 1. The Hall–Kier alpha value is -1.56. The van der Waals surface area contributed by atoms with Crippen LogP contribution in [0.3, 0.4) is 0 Å². The number of nitrogens with two attached hydrogens (primary N) is 1. The molecule has 1 unspecified atom stereocenters. The first kappa shape index (κ1) is 9.53. The van der Waals surface area contributed by atoms with Gasteiger partial charge in [0.25, 0.3) is 0 Å². The van der Waals surface area contributed by atoms with Gasteiger partial charge in [-0.2, -0.15) is 5.10 Å². The molecular weight excluding hydrogens is 174 g/mol. The second-order valence-corrected chi connectivity index (χ2v) is 2.81. The first-order chi connectivity index (χ1) is 6.00. The highest BCUT2D eigenvalue weighted by Gasteiger charge is 2.13. The zero-order chi connectivity index (χ0) is 10.0. The van der Waals surface area contributed by atoms with Gasteiger partial charge in [-0.05, 0) is 6.92 Å². The molecule has 1 rings (SSSR count). The van der Waals surface area contributed by atoms with Crippen LogP contribution in [-0.2, 0) is 6.54 Å². The summed E-state index contributed by atoms with van der Waals surface area (Å²) in [5.41, 5.74) is 5.30. The third-order valence-corrected chi connectivity index (χ3v) is 1.44. The third kappa shape index (κ3) is 2.19. The van der Waals surface area contributed by atoms with Crippen LogP contribution in [0.4, 0.5) is 5.69 Å². The average Bonchev–Trinajstić information content (AvgIpc) is 2.29. The molecule has 0 spiro atoms. The lowest BCUT2D eigenvalue weighted by molar-refractivity contribution is 0.0689. The van der Waals surface area contributed by atoms with Crippen molar-refractivity contribution in [2.75, 3.05) is 5.73 Å². The Bertz CT molecular complexity index is 319. The van der Waals surface area contributed by atoms with Gasteiger partial charge in [0.05, 0.1) is 18.3 Å². The van der Waals surface area contributed by atoms with Gasteiger partial charge < -0.3 is 15.9 Å². The van der Waals surface area contributed by atoms with Gasteiger partial charge >= 0.3 is 5.97 Å². The number of aliphatic hydroxyl groups excluding tert-OH is 1. The van der Waals surface area contributed by atoms with E-state index in [1.807, 2.05) is 0 Å². The summed E-state index contributed by atoms with van der Waals surface area (Å²) in [6.07, 6.45) is 0.803. The maximum Gasteiger partial charge on any atom is 0.358 e. The SMILES string of the molecule is CC(O)Cn1cc(N)c(C(=O)O)n1. The van der Waals surface area contributed by atoms with Crippen LogP contribution in [0.5, 0.6) is 0 Å². The van der Waals surface area contributed by atoms with Gasteiger partial charge in [-0.3, -0.25) is 4.68 Å². The van der Waals surface area contributed by atoms with Crippen molar-refractivity contribution in [3.05, 3.63) is 11.9 Å². The molecule has 6 heteroatoms. The molecule has 0 aliphatic heterocycles. The molecule has 13 heavy (non-hydrogen) atoms. The van der Waals surface area contributed by atoms with Gasteiger partial charge in [0.1, 0.15) is 0 Å². The molecule has 0 fully saturated rings. The van der Waals surface area contributed by atoms with E-state index in [2.05, 4.69) is 5.10 Å². The molecule has 72 valence electrons. The molecule has 0 saturated heterocycles. The van der Waals surface area contributed by atoms with E-state index in [-0.39, 0.29) is 17.9 Å². The van der Waals surface area contributed by atoms with Crippen LogP contribution in [0.2, 0.25) is 0 Å².